The Labute approximate surface area is 114 Å². The Morgan fingerprint density at radius 2 is 2.00 bits per heavy atom. The molecule has 2 atom stereocenters. The van der Waals surface area contributed by atoms with E-state index in [2.05, 4.69) is 0 Å². The van der Waals surface area contributed by atoms with E-state index >= 15 is 0 Å². The van der Waals surface area contributed by atoms with Crippen LogP contribution in [0.1, 0.15) is 25.8 Å². The van der Waals surface area contributed by atoms with Gasteiger partial charge >= 0.3 is 6.09 Å². The van der Waals surface area contributed by atoms with Crippen LogP contribution in [0.5, 0.6) is 0 Å². The zero-order valence-corrected chi connectivity index (χ0v) is 11.7. The standard InChI is InChI=1S/C15H21NO3/c1-4-12(2)14(10-17)16(3)15(18)19-11-13-8-6-5-7-9-13/h5-10,12,14H,4,11H2,1-3H3/t12-,14?/m0/s1. The number of benzene rings is 1. The minimum atomic E-state index is -0.471. The van der Waals surface area contributed by atoms with Crippen LogP contribution in [0.4, 0.5) is 4.79 Å². The first-order chi connectivity index (χ1) is 9.10. The zero-order chi connectivity index (χ0) is 14.3. The minimum Gasteiger partial charge on any atom is -0.445 e. The molecule has 19 heavy (non-hydrogen) atoms. The lowest BCUT2D eigenvalue weighted by atomic mass is 10.00. The molecule has 0 aliphatic heterocycles. The average Bonchev–Trinajstić information content (AvgIpc) is 2.46. The van der Waals surface area contributed by atoms with E-state index in [4.69, 9.17) is 4.74 Å². The maximum absolute atomic E-state index is 11.9. The Morgan fingerprint density at radius 3 is 2.53 bits per heavy atom. The van der Waals surface area contributed by atoms with Crippen molar-refractivity contribution in [1.29, 1.82) is 0 Å². The summed E-state index contributed by atoms with van der Waals surface area (Å²) in [5.41, 5.74) is 0.926. The van der Waals surface area contributed by atoms with Crippen LogP contribution in [0.15, 0.2) is 30.3 Å². The first-order valence-electron chi connectivity index (χ1n) is 6.49. The molecule has 1 aromatic carbocycles. The number of carbonyl (C=O) groups excluding carboxylic acids is 2. The van der Waals surface area contributed by atoms with Crippen LogP contribution >= 0.6 is 0 Å². The summed E-state index contributed by atoms with van der Waals surface area (Å²) in [5, 5.41) is 0. The Bertz CT molecular complexity index is 405. The number of ether oxygens (including phenoxy) is 1. The summed E-state index contributed by atoms with van der Waals surface area (Å²) in [5.74, 6) is 0.117. The summed E-state index contributed by atoms with van der Waals surface area (Å²) in [4.78, 5) is 24.3. The molecule has 0 radical (unpaired) electrons. The third kappa shape index (κ3) is 4.39. The van der Waals surface area contributed by atoms with Crippen molar-refractivity contribution < 1.29 is 14.3 Å². The van der Waals surface area contributed by atoms with E-state index in [1.165, 1.54) is 4.90 Å². The fourth-order valence-corrected chi connectivity index (χ4v) is 1.79. The zero-order valence-electron chi connectivity index (χ0n) is 11.7. The topological polar surface area (TPSA) is 46.6 Å². The van der Waals surface area contributed by atoms with E-state index in [0.717, 1.165) is 18.3 Å². The molecule has 0 aliphatic rings. The second-order valence-corrected chi connectivity index (χ2v) is 4.66. The fraction of sp³-hybridized carbons (Fsp3) is 0.467. The quantitative estimate of drug-likeness (QED) is 0.741. The molecule has 1 unspecified atom stereocenters. The molecule has 4 heteroatoms. The van der Waals surface area contributed by atoms with Gasteiger partial charge in [-0.05, 0) is 11.5 Å². The monoisotopic (exact) mass is 263 g/mol. The molecule has 0 spiro atoms. The Kier molecular flexibility index (Phi) is 6.06. The third-order valence-corrected chi connectivity index (χ3v) is 3.31. The van der Waals surface area contributed by atoms with E-state index in [1.807, 2.05) is 44.2 Å². The molecule has 0 saturated carbocycles. The SMILES string of the molecule is CC[C@H](C)C(C=O)N(C)C(=O)OCc1ccccc1. The molecule has 1 aromatic rings. The first-order valence-corrected chi connectivity index (χ1v) is 6.49. The predicted molar refractivity (Wildman–Crippen MR) is 73.7 cm³/mol. The van der Waals surface area contributed by atoms with Crippen LogP contribution in [0.3, 0.4) is 0 Å². The van der Waals surface area contributed by atoms with E-state index in [0.29, 0.717) is 0 Å². The lowest BCUT2D eigenvalue weighted by Gasteiger charge is -2.27. The maximum Gasteiger partial charge on any atom is 0.410 e. The molecule has 0 bridgehead atoms. The molecule has 0 saturated heterocycles. The number of amides is 1. The molecule has 104 valence electrons. The summed E-state index contributed by atoms with van der Waals surface area (Å²) < 4.78 is 5.20. The van der Waals surface area contributed by atoms with Gasteiger partial charge in [0.2, 0.25) is 0 Å². The summed E-state index contributed by atoms with van der Waals surface area (Å²) in [7, 11) is 1.60. The maximum atomic E-state index is 11.9. The highest BCUT2D eigenvalue weighted by Crippen LogP contribution is 2.13. The van der Waals surface area contributed by atoms with Crippen molar-refractivity contribution in [3.8, 4) is 0 Å². The average molecular weight is 263 g/mol. The first kappa shape index (κ1) is 15.2. The lowest BCUT2D eigenvalue weighted by molar-refractivity contribution is -0.113. The van der Waals surface area contributed by atoms with Crippen LogP contribution in [0.2, 0.25) is 0 Å². The molecule has 0 fully saturated rings. The number of hydrogen-bond donors (Lipinski definition) is 0. The van der Waals surface area contributed by atoms with Crippen molar-refractivity contribution in [2.24, 2.45) is 5.92 Å². The molecule has 0 aliphatic carbocycles. The summed E-state index contributed by atoms with van der Waals surface area (Å²) in [6.45, 7) is 4.15. The highest BCUT2D eigenvalue weighted by atomic mass is 16.6. The smallest absolute Gasteiger partial charge is 0.410 e. The number of likely N-dealkylation sites (N-methyl/N-ethyl adjacent to an activating group) is 1. The van der Waals surface area contributed by atoms with Gasteiger partial charge in [0.15, 0.2) is 0 Å². The van der Waals surface area contributed by atoms with Gasteiger partial charge in [0.05, 0.1) is 6.04 Å². The molecule has 1 rings (SSSR count). The van der Waals surface area contributed by atoms with Gasteiger partial charge in [-0.15, -0.1) is 0 Å². The van der Waals surface area contributed by atoms with Crippen LogP contribution in [-0.4, -0.2) is 30.4 Å². The lowest BCUT2D eigenvalue weighted by Crippen LogP contribution is -2.42. The van der Waals surface area contributed by atoms with Gasteiger partial charge in [0.1, 0.15) is 12.9 Å². The second kappa shape index (κ2) is 7.56. The number of hydrogen-bond acceptors (Lipinski definition) is 3. The Hall–Kier alpha value is -1.84. The van der Waals surface area contributed by atoms with E-state index in [1.54, 1.807) is 7.05 Å². The Morgan fingerprint density at radius 1 is 1.37 bits per heavy atom. The molecule has 4 nitrogen and oxygen atoms in total. The molecule has 0 N–H and O–H groups in total. The number of nitrogens with zero attached hydrogens (tertiary/aromatic N) is 1. The van der Waals surface area contributed by atoms with Gasteiger partial charge in [0, 0.05) is 7.05 Å². The number of rotatable bonds is 6. The largest absolute Gasteiger partial charge is 0.445 e. The van der Waals surface area contributed by atoms with E-state index in [-0.39, 0.29) is 12.5 Å². The normalized spacial score (nSPS) is 13.4. The second-order valence-electron chi connectivity index (χ2n) is 4.66. The molecular formula is C15H21NO3. The van der Waals surface area contributed by atoms with Crippen molar-refractivity contribution in [2.75, 3.05) is 7.05 Å². The number of aldehydes is 1. The van der Waals surface area contributed by atoms with Gasteiger partial charge in [-0.3, -0.25) is 0 Å². The summed E-state index contributed by atoms with van der Waals surface area (Å²) >= 11 is 0. The van der Waals surface area contributed by atoms with Crippen LogP contribution < -0.4 is 0 Å². The van der Waals surface area contributed by atoms with Crippen molar-refractivity contribution in [3.05, 3.63) is 35.9 Å². The highest BCUT2D eigenvalue weighted by molar-refractivity contribution is 5.73. The van der Waals surface area contributed by atoms with Gasteiger partial charge in [-0.1, -0.05) is 50.6 Å². The van der Waals surface area contributed by atoms with Gasteiger partial charge < -0.3 is 14.4 Å². The Balaban J connectivity index is 2.54. The minimum absolute atomic E-state index is 0.117. The van der Waals surface area contributed by atoms with Gasteiger partial charge in [-0.2, -0.15) is 0 Å². The van der Waals surface area contributed by atoms with Crippen molar-refractivity contribution in [1.82, 2.24) is 4.90 Å². The molecule has 0 heterocycles. The number of carbonyl (C=O) groups is 2. The molecule has 1 amide bonds. The van der Waals surface area contributed by atoms with Crippen LogP contribution in [0.25, 0.3) is 0 Å². The molecule has 0 aromatic heterocycles. The highest BCUT2D eigenvalue weighted by Gasteiger charge is 2.24. The predicted octanol–water partition coefficient (Wildman–Crippen LogP) is 2.87. The summed E-state index contributed by atoms with van der Waals surface area (Å²) in [6, 6.07) is 9.02. The van der Waals surface area contributed by atoms with E-state index in [9.17, 15) is 9.59 Å². The summed E-state index contributed by atoms with van der Waals surface area (Å²) in [6.07, 6.45) is 1.17. The molecular weight excluding hydrogens is 242 g/mol. The fourth-order valence-electron chi connectivity index (χ4n) is 1.79. The van der Waals surface area contributed by atoms with E-state index < -0.39 is 12.1 Å². The van der Waals surface area contributed by atoms with Crippen molar-refractivity contribution >= 4 is 12.4 Å². The van der Waals surface area contributed by atoms with Gasteiger partial charge in [0.25, 0.3) is 0 Å². The third-order valence-electron chi connectivity index (χ3n) is 3.31. The van der Waals surface area contributed by atoms with Gasteiger partial charge in [-0.25, -0.2) is 4.79 Å². The van der Waals surface area contributed by atoms with Crippen LogP contribution in [-0.2, 0) is 16.1 Å². The van der Waals surface area contributed by atoms with Crippen molar-refractivity contribution in [2.45, 2.75) is 32.9 Å². The van der Waals surface area contributed by atoms with Crippen LogP contribution in [0, 0.1) is 5.92 Å². The van der Waals surface area contributed by atoms with Crippen molar-refractivity contribution in [3.63, 3.8) is 0 Å².